The van der Waals surface area contributed by atoms with E-state index < -0.39 is 5.63 Å². The summed E-state index contributed by atoms with van der Waals surface area (Å²) >= 11 is 0. The van der Waals surface area contributed by atoms with Gasteiger partial charge < -0.3 is 10.2 Å². The van der Waals surface area contributed by atoms with E-state index in [0.29, 0.717) is 5.58 Å². The SMILES string of the molecule is C=Cc1ccccc1Cc1ccc2c(C)c(N)c(=O)oc2c1. The Morgan fingerprint density at radius 3 is 2.77 bits per heavy atom. The highest BCUT2D eigenvalue weighted by Crippen LogP contribution is 2.23. The molecular formula is C19H17NO2. The molecule has 0 aliphatic carbocycles. The largest absolute Gasteiger partial charge is 0.421 e. The van der Waals surface area contributed by atoms with E-state index in [9.17, 15) is 4.79 Å². The van der Waals surface area contributed by atoms with Crippen molar-refractivity contribution in [3.8, 4) is 0 Å². The molecule has 0 spiro atoms. The zero-order chi connectivity index (χ0) is 15.7. The van der Waals surface area contributed by atoms with Gasteiger partial charge in [-0.1, -0.05) is 49.1 Å². The van der Waals surface area contributed by atoms with E-state index in [4.69, 9.17) is 10.2 Å². The van der Waals surface area contributed by atoms with Gasteiger partial charge in [0.15, 0.2) is 0 Å². The van der Waals surface area contributed by atoms with Crippen LogP contribution in [0.5, 0.6) is 0 Å². The van der Waals surface area contributed by atoms with E-state index in [1.807, 2.05) is 49.4 Å². The lowest BCUT2D eigenvalue weighted by atomic mass is 9.98. The predicted molar refractivity (Wildman–Crippen MR) is 91.0 cm³/mol. The van der Waals surface area contributed by atoms with Crippen LogP contribution in [0, 0.1) is 6.92 Å². The maximum atomic E-state index is 11.7. The molecule has 3 nitrogen and oxygen atoms in total. The second-order valence-electron chi connectivity index (χ2n) is 5.34. The molecule has 0 radical (unpaired) electrons. The minimum atomic E-state index is -0.478. The molecule has 0 bridgehead atoms. The molecule has 1 aromatic heterocycles. The van der Waals surface area contributed by atoms with Gasteiger partial charge >= 0.3 is 5.63 Å². The number of fused-ring (bicyclic) bond motifs is 1. The Balaban J connectivity index is 2.08. The van der Waals surface area contributed by atoms with Crippen LogP contribution in [0.25, 0.3) is 17.0 Å². The summed E-state index contributed by atoms with van der Waals surface area (Å²) in [5, 5.41) is 0.873. The smallest absolute Gasteiger partial charge is 0.359 e. The molecule has 0 unspecified atom stereocenters. The van der Waals surface area contributed by atoms with E-state index in [1.54, 1.807) is 0 Å². The molecule has 0 saturated heterocycles. The Hall–Kier alpha value is -2.81. The summed E-state index contributed by atoms with van der Waals surface area (Å²) in [4.78, 5) is 11.7. The first kappa shape index (κ1) is 14.1. The second kappa shape index (κ2) is 5.53. The molecule has 0 amide bonds. The Kier molecular flexibility index (Phi) is 3.55. The van der Waals surface area contributed by atoms with Crippen molar-refractivity contribution in [1.82, 2.24) is 0 Å². The van der Waals surface area contributed by atoms with Gasteiger partial charge in [-0.25, -0.2) is 4.79 Å². The zero-order valence-electron chi connectivity index (χ0n) is 12.4. The summed E-state index contributed by atoms with van der Waals surface area (Å²) in [5.74, 6) is 0. The summed E-state index contributed by atoms with van der Waals surface area (Å²) < 4.78 is 5.31. The molecule has 2 aromatic carbocycles. The molecule has 110 valence electrons. The predicted octanol–water partition coefficient (Wildman–Crippen LogP) is 3.92. The summed E-state index contributed by atoms with van der Waals surface area (Å²) in [6.45, 7) is 5.68. The van der Waals surface area contributed by atoms with Gasteiger partial charge in [-0.3, -0.25) is 0 Å². The molecule has 0 aliphatic heterocycles. The Morgan fingerprint density at radius 2 is 2.00 bits per heavy atom. The fourth-order valence-electron chi connectivity index (χ4n) is 2.64. The van der Waals surface area contributed by atoms with Crippen LogP contribution in [-0.2, 0) is 6.42 Å². The number of hydrogen-bond donors (Lipinski definition) is 1. The van der Waals surface area contributed by atoms with Gasteiger partial charge in [0.2, 0.25) is 0 Å². The van der Waals surface area contributed by atoms with Crippen LogP contribution >= 0.6 is 0 Å². The van der Waals surface area contributed by atoms with E-state index in [-0.39, 0.29) is 5.69 Å². The average molecular weight is 291 g/mol. The summed E-state index contributed by atoms with van der Waals surface area (Å²) in [6, 6.07) is 14.0. The van der Waals surface area contributed by atoms with Crippen LogP contribution in [0.4, 0.5) is 5.69 Å². The number of nitrogens with two attached hydrogens (primary N) is 1. The maximum Gasteiger partial charge on any atom is 0.359 e. The van der Waals surface area contributed by atoms with Crippen molar-refractivity contribution in [3.63, 3.8) is 0 Å². The van der Waals surface area contributed by atoms with Crippen LogP contribution in [0.2, 0.25) is 0 Å². The second-order valence-corrected chi connectivity index (χ2v) is 5.34. The topological polar surface area (TPSA) is 56.2 Å². The first-order valence-corrected chi connectivity index (χ1v) is 7.12. The van der Waals surface area contributed by atoms with Crippen molar-refractivity contribution >= 4 is 22.7 Å². The highest BCUT2D eigenvalue weighted by Gasteiger charge is 2.09. The lowest BCUT2D eigenvalue weighted by Gasteiger charge is -2.08. The molecule has 0 atom stereocenters. The fourth-order valence-corrected chi connectivity index (χ4v) is 2.64. The standard InChI is InChI=1S/C19H17NO2/c1-3-14-6-4-5-7-15(14)10-13-8-9-16-12(2)18(20)19(21)22-17(16)11-13/h3-9,11H,1,10,20H2,2H3. The van der Waals surface area contributed by atoms with E-state index in [1.165, 1.54) is 5.56 Å². The van der Waals surface area contributed by atoms with Gasteiger partial charge in [0.05, 0.1) is 0 Å². The van der Waals surface area contributed by atoms with Crippen molar-refractivity contribution < 1.29 is 4.42 Å². The van der Waals surface area contributed by atoms with Crippen LogP contribution in [0.3, 0.4) is 0 Å². The minimum absolute atomic E-state index is 0.178. The molecule has 0 aliphatic rings. The van der Waals surface area contributed by atoms with Crippen molar-refractivity contribution in [3.05, 3.63) is 81.7 Å². The summed E-state index contributed by atoms with van der Waals surface area (Å²) in [6.07, 6.45) is 2.60. The van der Waals surface area contributed by atoms with Crippen LogP contribution in [0.1, 0.15) is 22.3 Å². The molecule has 22 heavy (non-hydrogen) atoms. The lowest BCUT2D eigenvalue weighted by Crippen LogP contribution is -2.08. The number of anilines is 1. The van der Waals surface area contributed by atoms with E-state index in [0.717, 1.165) is 28.5 Å². The van der Waals surface area contributed by atoms with Crippen LogP contribution < -0.4 is 11.4 Å². The zero-order valence-corrected chi connectivity index (χ0v) is 12.4. The third kappa shape index (κ3) is 2.42. The molecular weight excluding hydrogens is 274 g/mol. The van der Waals surface area contributed by atoms with Crippen molar-refractivity contribution in [1.29, 1.82) is 0 Å². The minimum Gasteiger partial charge on any atom is -0.421 e. The fraction of sp³-hybridized carbons (Fsp3) is 0.105. The van der Waals surface area contributed by atoms with Crippen molar-refractivity contribution in [2.24, 2.45) is 0 Å². The Labute approximate surface area is 128 Å². The number of hydrogen-bond acceptors (Lipinski definition) is 3. The normalized spacial score (nSPS) is 10.8. The average Bonchev–Trinajstić information content (AvgIpc) is 2.53. The molecule has 1 heterocycles. The van der Waals surface area contributed by atoms with Gasteiger partial charge in [-0.05, 0) is 41.7 Å². The van der Waals surface area contributed by atoms with Crippen molar-refractivity contribution in [2.45, 2.75) is 13.3 Å². The number of rotatable bonds is 3. The number of aryl methyl sites for hydroxylation is 1. The highest BCUT2D eigenvalue weighted by atomic mass is 16.4. The molecule has 3 rings (SSSR count). The van der Waals surface area contributed by atoms with Gasteiger partial charge in [0, 0.05) is 5.39 Å². The highest BCUT2D eigenvalue weighted by molar-refractivity contribution is 5.84. The summed E-state index contributed by atoms with van der Waals surface area (Å²) in [7, 11) is 0. The number of nitrogen functional groups attached to an aromatic ring is 1. The van der Waals surface area contributed by atoms with Gasteiger partial charge in [0.1, 0.15) is 11.3 Å². The van der Waals surface area contributed by atoms with Gasteiger partial charge in [-0.15, -0.1) is 0 Å². The monoisotopic (exact) mass is 291 g/mol. The quantitative estimate of drug-likeness (QED) is 0.744. The lowest BCUT2D eigenvalue weighted by molar-refractivity contribution is 0.563. The number of benzene rings is 2. The van der Waals surface area contributed by atoms with Crippen molar-refractivity contribution in [2.75, 3.05) is 5.73 Å². The van der Waals surface area contributed by atoms with Crippen LogP contribution in [0.15, 0.2) is 58.3 Å². The molecule has 0 saturated carbocycles. The van der Waals surface area contributed by atoms with E-state index in [2.05, 4.69) is 12.6 Å². The van der Waals surface area contributed by atoms with Crippen LogP contribution in [-0.4, -0.2) is 0 Å². The summed E-state index contributed by atoms with van der Waals surface area (Å²) in [5.41, 5.74) is 10.1. The van der Waals surface area contributed by atoms with Gasteiger partial charge in [0.25, 0.3) is 0 Å². The molecule has 0 fully saturated rings. The molecule has 2 N–H and O–H groups in total. The molecule has 3 aromatic rings. The Bertz CT molecular complexity index is 922. The first-order chi connectivity index (χ1) is 10.6. The van der Waals surface area contributed by atoms with Gasteiger partial charge in [-0.2, -0.15) is 0 Å². The maximum absolute atomic E-state index is 11.7. The first-order valence-electron chi connectivity index (χ1n) is 7.12. The molecule has 3 heteroatoms. The van der Waals surface area contributed by atoms with E-state index >= 15 is 0 Å². The Morgan fingerprint density at radius 1 is 1.23 bits per heavy atom. The third-order valence-corrected chi connectivity index (χ3v) is 3.95. The third-order valence-electron chi connectivity index (χ3n) is 3.95.